The molecule has 0 bridgehead atoms. The molecule has 0 aromatic heterocycles. The number of anilines is 1. The number of hydrogen-bond acceptors (Lipinski definition) is 6. The highest BCUT2D eigenvalue weighted by molar-refractivity contribution is 7.92. The molecule has 0 saturated carbocycles. The Morgan fingerprint density at radius 2 is 1.74 bits per heavy atom. The Labute approximate surface area is 203 Å². The minimum Gasteiger partial charge on any atom is -0.493 e. The molecule has 0 radical (unpaired) electrons. The summed E-state index contributed by atoms with van der Waals surface area (Å²) in [6.07, 6.45) is 1.42. The van der Waals surface area contributed by atoms with E-state index in [1.165, 1.54) is 38.6 Å². The van der Waals surface area contributed by atoms with Crippen molar-refractivity contribution in [1.82, 2.24) is 5.43 Å². The summed E-state index contributed by atoms with van der Waals surface area (Å²) in [6, 6.07) is 17.9. The maximum absolute atomic E-state index is 13.4. The van der Waals surface area contributed by atoms with Crippen LogP contribution in [0.15, 0.2) is 76.7 Å². The van der Waals surface area contributed by atoms with Crippen LogP contribution in [-0.2, 0) is 14.8 Å². The number of sulfonamides is 1. The number of amides is 1. The van der Waals surface area contributed by atoms with Crippen LogP contribution >= 0.6 is 11.6 Å². The lowest BCUT2D eigenvalue weighted by Gasteiger charge is -2.25. The summed E-state index contributed by atoms with van der Waals surface area (Å²) in [6.45, 7) is 1.24. The number of carbonyl (C=O) groups is 1. The third kappa shape index (κ3) is 5.86. The van der Waals surface area contributed by atoms with E-state index in [2.05, 4.69) is 10.5 Å². The maximum atomic E-state index is 13.4. The molecule has 8 nitrogen and oxygen atoms in total. The van der Waals surface area contributed by atoms with Crippen molar-refractivity contribution in [3.8, 4) is 11.5 Å². The van der Waals surface area contributed by atoms with E-state index in [4.69, 9.17) is 21.1 Å². The van der Waals surface area contributed by atoms with Gasteiger partial charge in [0.2, 0.25) is 0 Å². The topological polar surface area (TPSA) is 97.3 Å². The lowest BCUT2D eigenvalue weighted by atomic mass is 10.2. The molecule has 178 valence electrons. The van der Waals surface area contributed by atoms with Gasteiger partial charge in [-0.1, -0.05) is 35.9 Å². The molecule has 0 unspecified atom stereocenters. The number of ether oxygens (including phenoxy) is 2. The number of nitrogens with one attached hydrogen (secondary N) is 1. The van der Waals surface area contributed by atoms with E-state index in [1.807, 2.05) is 0 Å². The SMILES string of the molecule is COc1ccc(/C=N\NC(=O)CN(c2cc(Cl)ccc2C)S(=O)(=O)c2ccccc2)cc1OC. The molecule has 0 atom stereocenters. The van der Waals surface area contributed by atoms with E-state index in [0.29, 0.717) is 33.3 Å². The number of rotatable bonds is 9. The molecule has 3 aromatic rings. The zero-order valence-corrected chi connectivity index (χ0v) is 20.4. The molecular weight excluding hydrogens is 478 g/mol. The van der Waals surface area contributed by atoms with Gasteiger partial charge in [0.05, 0.1) is 31.0 Å². The smallest absolute Gasteiger partial charge is 0.264 e. The van der Waals surface area contributed by atoms with Gasteiger partial charge < -0.3 is 9.47 Å². The Hall–Kier alpha value is -3.56. The number of hydrazone groups is 1. The fourth-order valence-electron chi connectivity index (χ4n) is 3.15. The number of nitrogens with zero attached hydrogens (tertiary/aromatic N) is 2. The van der Waals surface area contributed by atoms with E-state index < -0.39 is 22.5 Å². The quantitative estimate of drug-likeness (QED) is 0.353. The summed E-state index contributed by atoms with van der Waals surface area (Å²) in [5.41, 5.74) is 3.97. The van der Waals surface area contributed by atoms with Gasteiger partial charge in [0.15, 0.2) is 11.5 Å². The first-order valence-electron chi connectivity index (χ1n) is 10.1. The molecule has 0 fully saturated rings. The van der Waals surface area contributed by atoms with Gasteiger partial charge in [-0.05, 0) is 60.5 Å². The highest BCUT2D eigenvalue weighted by atomic mass is 35.5. The third-order valence-electron chi connectivity index (χ3n) is 4.87. The number of halogens is 1. The summed E-state index contributed by atoms with van der Waals surface area (Å²) in [4.78, 5) is 12.8. The number of benzene rings is 3. The van der Waals surface area contributed by atoms with E-state index >= 15 is 0 Å². The molecule has 0 spiro atoms. The van der Waals surface area contributed by atoms with Crippen molar-refractivity contribution in [3.05, 3.63) is 82.9 Å². The summed E-state index contributed by atoms with van der Waals surface area (Å²) in [7, 11) is -1.01. The van der Waals surface area contributed by atoms with E-state index in [9.17, 15) is 13.2 Å². The normalized spacial score (nSPS) is 11.3. The Kier molecular flexibility index (Phi) is 8.14. The Morgan fingerprint density at radius 1 is 1.03 bits per heavy atom. The highest BCUT2D eigenvalue weighted by Crippen LogP contribution is 2.29. The van der Waals surface area contributed by atoms with Gasteiger partial charge in [-0.3, -0.25) is 9.10 Å². The van der Waals surface area contributed by atoms with E-state index in [-0.39, 0.29) is 4.90 Å². The van der Waals surface area contributed by atoms with Gasteiger partial charge in [0.1, 0.15) is 6.54 Å². The monoisotopic (exact) mass is 501 g/mol. The molecule has 0 aliphatic carbocycles. The first kappa shape index (κ1) is 25.1. The Balaban J connectivity index is 1.85. The van der Waals surface area contributed by atoms with Crippen LogP contribution in [0.2, 0.25) is 5.02 Å². The predicted octanol–water partition coefficient (Wildman–Crippen LogP) is 4.01. The van der Waals surface area contributed by atoms with Gasteiger partial charge in [0.25, 0.3) is 15.9 Å². The van der Waals surface area contributed by atoms with Crippen molar-refractivity contribution in [2.24, 2.45) is 5.10 Å². The second kappa shape index (κ2) is 11.0. The maximum Gasteiger partial charge on any atom is 0.264 e. The molecule has 3 aromatic carbocycles. The van der Waals surface area contributed by atoms with Gasteiger partial charge in [-0.25, -0.2) is 13.8 Å². The lowest BCUT2D eigenvalue weighted by molar-refractivity contribution is -0.119. The summed E-state index contributed by atoms with van der Waals surface area (Å²) >= 11 is 6.13. The fourth-order valence-corrected chi connectivity index (χ4v) is 4.81. The molecule has 3 rings (SSSR count). The van der Waals surface area contributed by atoms with Crippen LogP contribution in [0, 0.1) is 6.92 Å². The number of carbonyl (C=O) groups excluding carboxylic acids is 1. The van der Waals surface area contributed by atoms with Crippen molar-refractivity contribution in [2.75, 3.05) is 25.1 Å². The Bertz CT molecular complexity index is 1300. The van der Waals surface area contributed by atoms with Gasteiger partial charge >= 0.3 is 0 Å². The van der Waals surface area contributed by atoms with Crippen LogP contribution in [0.25, 0.3) is 0 Å². The zero-order valence-electron chi connectivity index (χ0n) is 18.9. The van der Waals surface area contributed by atoms with E-state index in [0.717, 1.165) is 4.31 Å². The lowest BCUT2D eigenvalue weighted by Crippen LogP contribution is -2.40. The molecule has 1 amide bonds. The van der Waals surface area contributed by atoms with Crippen LogP contribution in [0.4, 0.5) is 5.69 Å². The molecule has 0 aliphatic rings. The second-order valence-corrected chi connectivity index (χ2v) is 9.46. The molecular formula is C24H24ClN3O5S. The zero-order chi connectivity index (χ0) is 24.7. The molecule has 0 aliphatic heterocycles. The molecule has 1 N–H and O–H groups in total. The van der Waals surface area contributed by atoms with Crippen LogP contribution in [0.5, 0.6) is 11.5 Å². The van der Waals surface area contributed by atoms with Crippen molar-refractivity contribution in [1.29, 1.82) is 0 Å². The van der Waals surface area contributed by atoms with Crippen LogP contribution in [-0.4, -0.2) is 41.3 Å². The minimum atomic E-state index is -4.05. The Morgan fingerprint density at radius 3 is 2.41 bits per heavy atom. The number of methoxy groups -OCH3 is 2. The number of hydrogen-bond donors (Lipinski definition) is 1. The van der Waals surface area contributed by atoms with Gasteiger partial charge in [-0.2, -0.15) is 5.10 Å². The molecule has 0 heterocycles. The molecule has 34 heavy (non-hydrogen) atoms. The fraction of sp³-hybridized carbons (Fsp3) is 0.167. The van der Waals surface area contributed by atoms with Crippen molar-refractivity contribution in [3.63, 3.8) is 0 Å². The second-order valence-electron chi connectivity index (χ2n) is 7.16. The van der Waals surface area contributed by atoms with Crippen LogP contribution in [0.1, 0.15) is 11.1 Å². The predicted molar refractivity (Wildman–Crippen MR) is 132 cm³/mol. The first-order chi connectivity index (χ1) is 16.3. The van der Waals surface area contributed by atoms with Gasteiger partial charge in [0, 0.05) is 5.02 Å². The van der Waals surface area contributed by atoms with Crippen LogP contribution in [0.3, 0.4) is 0 Å². The highest BCUT2D eigenvalue weighted by Gasteiger charge is 2.28. The third-order valence-corrected chi connectivity index (χ3v) is 6.88. The summed E-state index contributed by atoms with van der Waals surface area (Å²) in [5, 5.41) is 4.29. The van der Waals surface area contributed by atoms with Crippen LogP contribution < -0.4 is 19.2 Å². The standard InChI is InChI=1S/C24H24ClN3O5S/c1-17-9-11-19(25)14-21(17)28(34(30,31)20-7-5-4-6-8-20)16-24(29)27-26-15-18-10-12-22(32-2)23(13-18)33-3/h4-15H,16H2,1-3H3,(H,27,29)/b26-15-. The summed E-state index contributed by atoms with van der Waals surface area (Å²) < 4.78 is 38.3. The number of aryl methyl sites for hydroxylation is 1. The largest absolute Gasteiger partial charge is 0.493 e. The summed E-state index contributed by atoms with van der Waals surface area (Å²) in [5.74, 6) is 0.437. The van der Waals surface area contributed by atoms with E-state index in [1.54, 1.807) is 55.5 Å². The first-order valence-corrected chi connectivity index (χ1v) is 12.0. The minimum absolute atomic E-state index is 0.0519. The van der Waals surface area contributed by atoms with Crippen molar-refractivity contribution >= 4 is 39.4 Å². The van der Waals surface area contributed by atoms with Crippen molar-refractivity contribution in [2.45, 2.75) is 11.8 Å². The molecule has 10 heteroatoms. The average molecular weight is 502 g/mol. The average Bonchev–Trinajstić information content (AvgIpc) is 2.84. The molecule has 0 saturated heterocycles. The van der Waals surface area contributed by atoms with Crippen molar-refractivity contribution < 1.29 is 22.7 Å². The van der Waals surface area contributed by atoms with Gasteiger partial charge in [-0.15, -0.1) is 0 Å².